The Morgan fingerprint density at radius 1 is 1.47 bits per heavy atom. The lowest BCUT2D eigenvalue weighted by Crippen LogP contribution is -2.02. The lowest BCUT2D eigenvalue weighted by Gasteiger charge is -2.09. The summed E-state index contributed by atoms with van der Waals surface area (Å²) in [7, 11) is 0. The first-order chi connectivity index (χ1) is 7.27. The van der Waals surface area contributed by atoms with Gasteiger partial charge in [0.15, 0.2) is 4.77 Å². The monoisotopic (exact) mass is 224 g/mol. The lowest BCUT2D eigenvalue weighted by atomic mass is 10.0. The fourth-order valence-corrected chi connectivity index (χ4v) is 2.89. The average molecular weight is 224 g/mol. The lowest BCUT2D eigenvalue weighted by molar-refractivity contribution is 0.455. The maximum atomic E-state index is 5.23. The van der Waals surface area contributed by atoms with E-state index in [9.17, 15) is 0 Å². The number of hydrogen-bond acceptors (Lipinski definition) is 1. The third-order valence-corrected chi connectivity index (χ3v) is 3.88. The Balaban J connectivity index is 1.80. The summed E-state index contributed by atoms with van der Waals surface area (Å²) in [5.74, 6) is 0.999. The van der Waals surface area contributed by atoms with E-state index < -0.39 is 0 Å². The molecule has 0 atom stereocenters. The Bertz CT molecular complexity index is 358. The summed E-state index contributed by atoms with van der Waals surface area (Å²) in [5, 5.41) is 0. The zero-order valence-corrected chi connectivity index (χ0v) is 10.3. The van der Waals surface area contributed by atoms with Crippen molar-refractivity contribution in [2.24, 2.45) is 5.92 Å². The van der Waals surface area contributed by atoms with Crippen molar-refractivity contribution in [3.63, 3.8) is 0 Å². The average Bonchev–Trinajstić information content (AvgIpc) is 2.82. The van der Waals surface area contributed by atoms with Gasteiger partial charge in [0.1, 0.15) is 0 Å². The van der Waals surface area contributed by atoms with Gasteiger partial charge in [-0.05, 0) is 37.9 Å². The van der Waals surface area contributed by atoms with Gasteiger partial charge in [-0.2, -0.15) is 0 Å². The van der Waals surface area contributed by atoms with E-state index in [0.29, 0.717) is 0 Å². The molecule has 1 aromatic heterocycles. The molecule has 0 amide bonds. The van der Waals surface area contributed by atoms with E-state index >= 15 is 0 Å². The number of H-pyrrole nitrogens is 1. The second-order valence-electron chi connectivity index (χ2n) is 4.68. The molecule has 2 nitrogen and oxygen atoms in total. The molecule has 1 aromatic rings. The van der Waals surface area contributed by atoms with E-state index in [4.69, 9.17) is 12.2 Å². The fraction of sp³-hybridized carbons (Fsp3) is 0.750. The molecule has 1 heterocycles. The van der Waals surface area contributed by atoms with Gasteiger partial charge in [-0.1, -0.05) is 25.7 Å². The van der Waals surface area contributed by atoms with Crippen LogP contribution in [0.3, 0.4) is 0 Å². The molecule has 0 bridgehead atoms. The molecular weight excluding hydrogens is 204 g/mol. The van der Waals surface area contributed by atoms with Gasteiger partial charge in [0, 0.05) is 18.4 Å². The highest BCUT2D eigenvalue weighted by molar-refractivity contribution is 7.71. The van der Waals surface area contributed by atoms with Gasteiger partial charge in [0.25, 0.3) is 0 Å². The molecule has 0 unspecified atom stereocenters. The van der Waals surface area contributed by atoms with Crippen LogP contribution in [-0.4, -0.2) is 9.55 Å². The Morgan fingerprint density at radius 3 is 2.80 bits per heavy atom. The maximum Gasteiger partial charge on any atom is 0.177 e. The summed E-state index contributed by atoms with van der Waals surface area (Å²) in [5.41, 5.74) is 1.26. The zero-order valence-electron chi connectivity index (χ0n) is 9.46. The van der Waals surface area contributed by atoms with Crippen molar-refractivity contribution in [1.29, 1.82) is 0 Å². The highest BCUT2D eigenvalue weighted by Crippen LogP contribution is 2.28. The Kier molecular flexibility index (Phi) is 3.62. The Morgan fingerprint density at radius 2 is 2.20 bits per heavy atom. The van der Waals surface area contributed by atoms with E-state index in [-0.39, 0.29) is 0 Å². The van der Waals surface area contributed by atoms with E-state index in [1.165, 1.54) is 44.2 Å². The minimum Gasteiger partial charge on any atom is -0.337 e. The normalized spacial score (nSPS) is 17.4. The third-order valence-electron chi connectivity index (χ3n) is 3.54. The van der Waals surface area contributed by atoms with Gasteiger partial charge in [-0.15, -0.1) is 0 Å². The highest BCUT2D eigenvalue weighted by Gasteiger charge is 2.14. The number of aromatic nitrogens is 2. The van der Waals surface area contributed by atoms with Crippen molar-refractivity contribution in [3.05, 3.63) is 16.7 Å². The summed E-state index contributed by atoms with van der Waals surface area (Å²) in [6.07, 6.45) is 10.5. The molecule has 1 aliphatic carbocycles. The van der Waals surface area contributed by atoms with Gasteiger partial charge >= 0.3 is 0 Å². The van der Waals surface area contributed by atoms with E-state index in [2.05, 4.69) is 16.5 Å². The first kappa shape index (κ1) is 10.9. The van der Waals surface area contributed by atoms with Crippen molar-refractivity contribution < 1.29 is 0 Å². The summed E-state index contributed by atoms with van der Waals surface area (Å²) >= 11 is 5.23. The molecule has 0 radical (unpaired) electrons. The number of imidazole rings is 1. The predicted octanol–water partition coefficient (Wildman–Crippen LogP) is 3.82. The minimum absolute atomic E-state index is 0.874. The SMILES string of the molecule is Cc1c[nH]c(=S)n1CCCC1CCCC1. The third kappa shape index (κ3) is 2.71. The first-order valence-electron chi connectivity index (χ1n) is 6.02. The second-order valence-corrected chi connectivity index (χ2v) is 5.07. The summed E-state index contributed by atoms with van der Waals surface area (Å²) in [6, 6.07) is 0. The van der Waals surface area contributed by atoms with Crippen LogP contribution >= 0.6 is 12.2 Å². The van der Waals surface area contributed by atoms with Crippen LogP contribution in [0.5, 0.6) is 0 Å². The molecule has 1 saturated carbocycles. The molecule has 84 valence electrons. The van der Waals surface area contributed by atoms with E-state index in [1.54, 1.807) is 0 Å². The molecule has 1 N–H and O–H groups in total. The van der Waals surface area contributed by atoms with E-state index in [0.717, 1.165) is 17.2 Å². The topological polar surface area (TPSA) is 20.7 Å². The van der Waals surface area contributed by atoms with E-state index in [1.807, 2.05) is 6.20 Å². The Labute approximate surface area is 96.7 Å². The van der Waals surface area contributed by atoms with Gasteiger partial charge in [-0.25, -0.2) is 0 Å². The summed E-state index contributed by atoms with van der Waals surface area (Å²) in [6.45, 7) is 3.20. The molecule has 0 aliphatic heterocycles. The molecule has 0 spiro atoms. The van der Waals surface area contributed by atoms with Gasteiger partial charge < -0.3 is 9.55 Å². The second kappa shape index (κ2) is 4.97. The van der Waals surface area contributed by atoms with Crippen molar-refractivity contribution >= 4 is 12.2 Å². The number of aromatic amines is 1. The minimum atomic E-state index is 0.874. The van der Waals surface area contributed by atoms with Crippen LogP contribution in [0.25, 0.3) is 0 Å². The molecule has 2 rings (SSSR count). The van der Waals surface area contributed by atoms with Gasteiger partial charge in [0.2, 0.25) is 0 Å². The van der Waals surface area contributed by atoms with Crippen LogP contribution in [0.2, 0.25) is 0 Å². The molecule has 1 fully saturated rings. The van der Waals surface area contributed by atoms with Crippen LogP contribution in [0.1, 0.15) is 44.2 Å². The van der Waals surface area contributed by atoms with Gasteiger partial charge in [0.05, 0.1) is 0 Å². The highest BCUT2D eigenvalue weighted by atomic mass is 32.1. The largest absolute Gasteiger partial charge is 0.337 e. The molecule has 3 heteroatoms. The number of rotatable bonds is 4. The van der Waals surface area contributed by atoms with Gasteiger partial charge in [-0.3, -0.25) is 0 Å². The molecular formula is C12H20N2S. The smallest absolute Gasteiger partial charge is 0.177 e. The molecule has 0 aromatic carbocycles. The quantitative estimate of drug-likeness (QED) is 0.771. The number of nitrogens with one attached hydrogen (secondary N) is 1. The molecule has 15 heavy (non-hydrogen) atoms. The van der Waals surface area contributed by atoms with Crippen molar-refractivity contribution in [2.45, 2.75) is 52.0 Å². The van der Waals surface area contributed by atoms with Crippen LogP contribution in [0.4, 0.5) is 0 Å². The van der Waals surface area contributed by atoms with Crippen LogP contribution < -0.4 is 0 Å². The van der Waals surface area contributed by atoms with Crippen molar-refractivity contribution in [1.82, 2.24) is 9.55 Å². The van der Waals surface area contributed by atoms with Crippen LogP contribution in [0, 0.1) is 17.6 Å². The first-order valence-corrected chi connectivity index (χ1v) is 6.43. The molecule has 1 aliphatic rings. The molecule has 0 saturated heterocycles. The number of nitrogens with zero attached hydrogens (tertiary/aromatic N) is 1. The maximum absolute atomic E-state index is 5.23. The number of hydrogen-bond donors (Lipinski definition) is 1. The van der Waals surface area contributed by atoms with Crippen LogP contribution in [0.15, 0.2) is 6.20 Å². The zero-order chi connectivity index (χ0) is 10.7. The summed E-state index contributed by atoms with van der Waals surface area (Å²) < 4.78 is 3.09. The summed E-state index contributed by atoms with van der Waals surface area (Å²) in [4.78, 5) is 3.09. The van der Waals surface area contributed by atoms with Crippen molar-refractivity contribution in [2.75, 3.05) is 0 Å². The fourth-order valence-electron chi connectivity index (χ4n) is 2.60. The Hall–Kier alpha value is -0.570. The predicted molar refractivity (Wildman–Crippen MR) is 65.5 cm³/mol. The van der Waals surface area contributed by atoms with Crippen molar-refractivity contribution in [3.8, 4) is 0 Å². The standard InChI is InChI=1S/C12H20N2S/c1-10-9-13-12(15)14(10)8-4-7-11-5-2-3-6-11/h9,11H,2-8H2,1H3,(H,13,15). The number of aryl methyl sites for hydroxylation is 1. The van der Waals surface area contributed by atoms with Crippen LogP contribution in [-0.2, 0) is 6.54 Å².